The molecule has 3 saturated heterocycles. The minimum atomic E-state index is -1.82. The quantitative estimate of drug-likeness (QED) is 0.182. The first-order valence-electron chi connectivity index (χ1n) is 17.7. The van der Waals surface area contributed by atoms with Crippen molar-refractivity contribution < 1.29 is 27.8 Å². The van der Waals surface area contributed by atoms with Crippen molar-refractivity contribution >= 4 is 39.6 Å². The predicted octanol–water partition coefficient (Wildman–Crippen LogP) is 6.22. The lowest BCUT2D eigenvalue weighted by atomic mass is 9.72. The first-order valence-corrected chi connectivity index (χ1v) is 17.7. The van der Waals surface area contributed by atoms with Crippen LogP contribution < -0.4 is 14.4 Å². The largest absolute Gasteiger partial charge is 0.491 e. The topological polar surface area (TPSA) is 109 Å². The number of rotatable bonds is 11. The molecule has 1 amide bonds. The summed E-state index contributed by atoms with van der Waals surface area (Å²) in [4.78, 5) is 28.6. The summed E-state index contributed by atoms with van der Waals surface area (Å²) in [5.74, 6) is 0.978. The number of H-pyrrole nitrogens is 1. The lowest BCUT2D eigenvalue weighted by Crippen LogP contribution is -2.61. The molecule has 0 unspecified atom stereocenters. The standard InChI is InChI=1S/C38H45F2N7O4/c1-5-31(48)47-22-38(23-47)11-15-46(16-12-38)36-27-19-25(20-30(39)40)33(32-24(3)7-8-29-28(32)21-41-44-29)35(50-6-2)34(27)42-37(43-36)51-26-9-13-45(14-10-26)17-18-49-4/h5,7-8,19-21,26H,1,6,9-18,22-23H2,2-4H3,(H,41,44). The Hall–Kier alpha value is -4.62. The van der Waals surface area contributed by atoms with Crippen molar-refractivity contribution in [1.82, 2.24) is 30.0 Å². The van der Waals surface area contributed by atoms with Gasteiger partial charge in [0.2, 0.25) is 5.91 Å². The third-order valence-corrected chi connectivity index (χ3v) is 10.7. The van der Waals surface area contributed by atoms with Crippen LogP contribution in [0.5, 0.6) is 11.8 Å². The predicted molar refractivity (Wildman–Crippen MR) is 193 cm³/mol. The molecule has 4 aromatic rings. The van der Waals surface area contributed by atoms with E-state index in [2.05, 4.69) is 26.6 Å². The molecule has 2 aromatic heterocycles. The molecule has 3 fully saturated rings. The highest BCUT2D eigenvalue weighted by atomic mass is 19.3. The third kappa shape index (κ3) is 6.88. The fourth-order valence-electron chi connectivity index (χ4n) is 7.92. The number of nitrogens with one attached hydrogen (secondary N) is 1. The van der Waals surface area contributed by atoms with Crippen LogP contribution in [0, 0.1) is 12.3 Å². The first-order chi connectivity index (χ1) is 24.7. The number of anilines is 1. The number of benzene rings is 2. The molecule has 3 aliphatic heterocycles. The van der Waals surface area contributed by atoms with Gasteiger partial charge < -0.3 is 28.9 Å². The van der Waals surface area contributed by atoms with Gasteiger partial charge in [0.25, 0.3) is 6.08 Å². The SMILES string of the molecule is C=CC(=O)N1CC2(CCN(c3nc(OC4CCN(CCOC)CC4)nc4c(OCC)c(-c5c(C)ccc6[nH]ncc56)c(C=C(F)F)cc34)CC2)C1. The van der Waals surface area contributed by atoms with Crippen LogP contribution in [0.4, 0.5) is 14.6 Å². The number of ether oxygens (including phenoxy) is 3. The van der Waals surface area contributed by atoms with Gasteiger partial charge in [0.05, 0.1) is 24.9 Å². The second kappa shape index (κ2) is 14.5. The second-order valence-electron chi connectivity index (χ2n) is 13.9. The summed E-state index contributed by atoms with van der Waals surface area (Å²) in [7, 11) is 1.71. The maximum atomic E-state index is 14.3. The number of aromatic amines is 1. The number of aromatic nitrogens is 4. The van der Waals surface area contributed by atoms with Crippen LogP contribution in [0.3, 0.4) is 0 Å². The molecule has 0 radical (unpaired) electrons. The molecule has 3 aliphatic rings. The molecule has 11 nitrogen and oxygen atoms in total. The van der Waals surface area contributed by atoms with Crippen LogP contribution in [-0.4, -0.2) is 108 Å². The van der Waals surface area contributed by atoms with Crippen LogP contribution >= 0.6 is 0 Å². The summed E-state index contributed by atoms with van der Waals surface area (Å²) in [6.45, 7) is 13.8. The Morgan fingerprint density at radius 1 is 1.10 bits per heavy atom. The highest BCUT2D eigenvalue weighted by molar-refractivity contribution is 6.07. The van der Waals surface area contributed by atoms with Gasteiger partial charge in [-0.1, -0.05) is 12.6 Å². The van der Waals surface area contributed by atoms with Gasteiger partial charge in [-0.3, -0.25) is 9.89 Å². The van der Waals surface area contributed by atoms with E-state index in [1.165, 1.54) is 6.08 Å². The van der Waals surface area contributed by atoms with E-state index >= 15 is 0 Å². The maximum absolute atomic E-state index is 14.3. The minimum Gasteiger partial charge on any atom is -0.491 e. The molecule has 270 valence electrons. The highest BCUT2D eigenvalue weighted by Gasteiger charge is 2.46. The zero-order valence-corrected chi connectivity index (χ0v) is 29.5. The summed E-state index contributed by atoms with van der Waals surface area (Å²) in [5, 5.41) is 8.67. The van der Waals surface area contributed by atoms with Crippen LogP contribution in [0.25, 0.3) is 39.0 Å². The molecule has 0 bridgehead atoms. The van der Waals surface area contributed by atoms with Crippen molar-refractivity contribution in [3.63, 3.8) is 0 Å². The molecule has 0 saturated carbocycles. The lowest BCUT2D eigenvalue weighted by Gasteiger charge is -2.54. The number of carbonyl (C=O) groups is 1. The average molecular weight is 702 g/mol. The summed E-state index contributed by atoms with van der Waals surface area (Å²) >= 11 is 0. The number of hydrogen-bond acceptors (Lipinski definition) is 9. The smallest absolute Gasteiger partial charge is 0.319 e. The number of piperidine rings is 2. The zero-order chi connectivity index (χ0) is 35.7. The molecule has 1 N–H and O–H groups in total. The molecule has 7 rings (SSSR count). The molecule has 0 aliphatic carbocycles. The van der Waals surface area contributed by atoms with Gasteiger partial charge in [0, 0.05) is 80.8 Å². The van der Waals surface area contributed by atoms with Crippen molar-refractivity contribution in [1.29, 1.82) is 0 Å². The molecule has 2 aromatic carbocycles. The van der Waals surface area contributed by atoms with Gasteiger partial charge in [0.15, 0.2) is 5.75 Å². The van der Waals surface area contributed by atoms with Crippen LogP contribution in [0.15, 0.2) is 43.1 Å². The third-order valence-electron chi connectivity index (χ3n) is 10.7. The van der Waals surface area contributed by atoms with Gasteiger partial charge in [-0.2, -0.15) is 23.8 Å². The van der Waals surface area contributed by atoms with E-state index < -0.39 is 6.08 Å². The Morgan fingerprint density at radius 3 is 2.55 bits per heavy atom. The van der Waals surface area contributed by atoms with E-state index in [0.29, 0.717) is 66.4 Å². The second-order valence-corrected chi connectivity index (χ2v) is 13.9. The molecular formula is C38H45F2N7O4. The Labute approximate surface area is 296 Å². The normalized spacial score (nSPS) is 17.9. The Morgan fingerprint density at radius 2 is 1.86 bits per heavy atom. The number of carbonyl (C=O) groups excluding carboxylic acids is 1. The molecule has 5 heterocycles. The number of hydrogen-bond donors (Lipinski definition) is 1. The summed E-state index contributed by atoms with van der Waals surface area (Å²) in [6, 6.07) is 5.88. The average Bonchev–Trinajstić information content (AvgIpc) is 3.59. The summed E-state index contributed by atoms with van der Waals surface area (Å²) in [5.41, 5.74) is 3.78. The van der Waals surface area contributed by atoms with Crippen molar-refractivity contribution in [3.05, 3.63) is 54.3 Å². The molecule has 13 heteroatoms. The Kier molecular flexibility index (Phi) is 9.93. The fourth-order valence-corrected chi connectivity index (χ4v) is 7.92. The number of fused-ring (bicyclic) bond motifs is 2. The monoisotopic (exact) mass is 701 g/mol. The van der Waals surface area contributed by atoms with Crippen molar-refractivity contribution in [2.24, 2.45) is 5.41 Å². The minimum absolute atomic E-state index is 0.0440. The van der Waals surface area contributed by atoms with Gasteiger partial charge in [-0.15, -0.1) is 0 Å². The maximum Gasteiger partial charge on any atom is 0.319 e. The van der Waals surface area contributed by atoms with E-state index in [-0.39, 0.29) is 30.0 Å². The first kappa shape index (κ1) is 34.8. The van der Waals surface area contributed by atoms with E-state index in [1.54, 1.807) is 19.4 Å². The summed E-state index contributed by atoms with van der Waals surface area (Å²) < 4.78 is 46.9. The highest BCUT2D eigenvalue weighted by Crippen LogP contribution is 2.48. The number of likely N-dealkylation sites (tertiary alicyclic amines) is 2. The van der Waals surface area contributed by atoms with Gasteiger partial charge in [0.1, 0.15) is 17.4 Å². The van der Waals surface area contributed by atoms with Crippen molar-refractivity contribution in [2.45, 2.75) is 45.6 Å². The Bertz CT molecular complexity index is 1950. The molecule has 0 atom stereocenters. The Balaban J connectivity index is 1.34. The van der Waals surface area contributed by atoms with Gasteiger partial charge in [-0.05, 0) is 74.4 Å². The van der Waals surface area contributed by atoms with E-state index in [9.17, 15) is 13.6 Å². The molecular weight excluding hydrogens is 656 g/mol. The number of aryl methyl sites for hydroxylation is 1. The van der Waals surface area contributed by atoms with Crippen LogP contribution in [0.1, 0.15) is 43.7 Å². The van der Waals surface area contributed by atoms with Crippen LogP contribution in [-0.2, 0) is 9.53 Å². The number of nitrogens with zero attached hydrogens (tertiary/aromatic N) is 6. The van der Waals surface area contributed by atoms with E-state index in [1.807, 2.05) is 30.9 Å². The van der Waals surface area contributed by atoms with Crippen molar-refractivity contribution in [2.75, 3.05) is 71.0 Å². The number of halogens is 2. The van der Waals surface area contributed by atoms with Gasteiger partial charge in [-0.25, -0.2) is 0 Å². The fraction of sp³-hybridized carbons (Fsp3) is 0.474. The van der Waals surface area contributed by atoms with E-state index in [4.69, 9.17) is 24.2 Å². The van der Waals surface area contributed by atoms with Crippen LogP contribution in [0.2, 0.25) is 0 Å². The van der Waals surface area contributed by atoms with E-state index in [0.717, 1.165) is 73.4 Å². The summed E-state index contributed by atoms with van der Waals surface area (Å²) in [6.07, 6.45) is 5.42. The molecule has 51 heavy (non-hydrogen) atoms. The number of methoxy groups -OCH3 is 1. The zero-order valence-electron chi connectivity index (χ0n) is 29.5. The molecule has 1 spiro atoms. The lowest BCUT2D eigenvalue weighted by molar-refractivity contribution is -0.139. The van der Waals surface area contributed by atoms with Crippen molar-refractivity contribution in [3.8, 4) is 22.9 Å². The number of amides is 1. The van der Waals surface area contributed by atoms with Gasteiger partial charge >= 0.3 is 6.01 Å².